The van der Waals surface area contributed by atoms with E-state index in [-0.39, 0.29) is 18.3 Å². The van der Waals surface area contributed by atoms with Crippen LogP contribution < -0.4 is 0 Å². The first kappa shape index (κ1) is 8.04. The van der Waals surface area contributed by atoms with Crippen LogP contribution in [0.5, 0.6) is 0 Å². The Kier molecular flexibility index (Phi) is 2.46. The lowest BCUT2D eigenvalue weighted by Crippen LogP contribution is -2.03. The molecule has 0 radical (unpaired) electrons. The molecule has 1 heterocycles. The SMILES string of the molecule is O=C(O)CCC1COC(=O)C1. The average Bonchev–Trinajstić information content (AvgIpc) is 2.31. The van der Waals surface area contributed by atoms with Crippen molar-refractivity contribution >= 4 is 11.9 Å². The van der Waals surface area contributed by atoms with E-state index < -0.39 is 5.97 Å². The van der Waals surface area contributed by atoms with E-state index in [0.717, 1.165) is 0 Å². The van der Waals surface area contributed by atoms with Crippen LogP contribution >= 0.6 is 0 Å². The van der Waals surface area contributed by atoms with Gasteiger partial charge in [0.1, 0.15) is 0 Å². The number of aliphatic carboxylic acids is 1. The number of carboxylic acids is 1. The summed E-state index contributed by atoms with van der Waals surface area (Å²) in [5.74, 6) is -0.900. The van der Waals surface area contributed by atoms with Crippen molar-refractivity contribution in [1.82, 2.24) is 0 Å². The third kappa shape index (κ3) is 2.57. The van der Waals surface area contributed by atoms with E-state index in [1.165, 1.54) is 0 Å². The van der Waals surface area contributed by atoms with E-state index in [1.807, 2.05) is 0 Å². The Morgan fingerprint density at radius 1 is 1.73 bits per heavy atom. The molecule has 1 rings (SSSR count). The normalized spacial score (nSPS) is 23.3. The Morgan fingerprint density at radius 3 is 2.91 bits per heavy atom. The summed E-state index contributed by atoms with van der Waals surface area (Å²) in [6.45, 7) is 0.395. The van der Waals surface area contributed by atoms with Crippen molar-refractivity contribution in [1.29, 1.82) is 0 Å². The van der Waals surface area contributed by atoms with Crippen LogP contribution in [0.2, 0.25) is 0 Å². The number of hydrogen-bond acceptors (Lipinski definition) is 3. The number of ether oxygens (including phenoxy) is 1. The van der Waals surface area contributed by atoms with Crippen molar-refractivity contribution in [3.05, 3.63) is 0 Å². The summed E-state index contributed by atoms with van der Waals surface area (Å²) in [5.41, 5.74) is 0. The van der Waals surface area contributed by atoms with Crippen LogP contribution in [0.25, 0.3) is 0 Å². The molecular formula is C7H10O4. The summed E-state index contributed by atoms with van der Waals surface area (Å²) < 4.78 is 4.67. The highest BCUT2D eigenvalue weighted by molar-refractivity contribution is 5.72. The summed E-state index contributed by atoms with van der Waals surface area (Å²) in [6, 6.07) is 0. The zero-order chi connectivity index (χ0) is 8.27. The second-order valence-electron chi connectivity index (χ2n) is 2.69. The van der Waals surface area contributed by atoms with Gasteiger partial charge in [-0.1, -0.05) is 0 Å². The Balaban J connectivity index is 2.18. The van der Waals surface area contributed by atoms with Gasteiger partial charge in [0.05, 0.1) is 13.0 Å². The van der Waals surface area contributed by atoms with Gasteiger partial charge in [-0.25, -0.2) is 0 Å². The number of cyclic esters (lactones) is 1. The topological polar surface area (TPSA) is 63.6 Å². The molecule has 0 spiro atoms. The monoisotopic (exact) mass is 158 g/mol. The van der Waals surface area contributed by atoms with Gasteiger partial charge in [0, 0.05) is 12.3 Å². The van der Waals surface area contributed by atoms with Crippen molar-refractivity contribution in [3.8, 4) is 0 Å². The van der Waals surface area contributed by atoms with Gasteiger partial charge < -0.3 is 9.84 Å². The predicted molar refractivity (Wildman–Crippen MR) is 35.9 cm³/mol. The standard InChI is InChI=1S/C7H10O4/c8-6(9)2-1-5-3-7(10)11-4-5/h5H,1-4H2,(H,8,9). The van der Waals surface area contributed by atoms with E-state index >= 15 is 0 Å². The number of rotatable bonds is 3. The van der Waals surface area contributed by atoms with E-state index in [9.17, 15) is 9.59 Å². The highest BCUT2D eigenvalue weighted by Crippen LogP contribution is 2.18. The Hall–Kier alpha value is -1.06. The second-order valence-corrected chi connectivity index (χ2v) is 2.69. The molecule has 0 bridgehead atoms. The molecule has 1 fully saturated rings. The summed E-state index contributed by atoms with van der Waals surface area (Å²) in [6.07, 6.45) is 1.05. The van der Waals surface area contributed by atoms with Gasteiger partial charge in [-0.2, -0.15) is 0 Å². The molecule has 1 aliphatic rings. The lowest BCUT2D eigenvalue weighted by molar-refractivity contribution is -0.138. The highest BCUT2D eigenvalue weighted by atomic mass is 16.5. The van der Waals surface area contributed by atoms with Crippen LogP contribution in [-0.4, -0.2) is 23.7 Å². The Labute approximate surface area is 64.2 Å². The molecule has 1 atom stereocenters. The van der Waals surface area contributed by atoms with E-state index in [0.29, 0.717) is 19.4 Å². The zero-order valence-electron chi connectivity index (χ0n) is 6.08. The maximum atomic E-state index is 10.5. The number of carboxylic acid groups (broad SMARTS) is 1. The first-order valence-electron chi connectivity index (χ1n) is 3.56. The highest BCUT2D eigenvalue weighted by Gasteiger charge is 2.23. The van der Waals surface area contributed by atoms with Gasteiger partial charge in [0.2, 0.25) is 0 Å². The molecule has 1 aliphatic heterocycles. The Morgan fingerprint density at radius 2 is 2.45 bits per heavy atom. The molecule has 4 nitrogen and oxygen atoms in total. The van der Waals surface area contributed by atoms with Gasteiger partial charge in [-0.15, -0.1) is 0 Å². The summed E-state index contributed by atoms with van der Waals surface area (Å²) in [4.78, 5) is 20.6. The Bertz CT molecular complexity index is 175. The molecule has 1 saturated heterocycles. The van der Waals surface area contributed by atoms with E-state index in [4.69, 9.17) is 5.11 Å². The molecule has 4 heteroatoms. The van der Waals surface area contributed by atoms with Gasteiger partial charge in [-0.3, -0.25) is 9.59 Å². The van der Waals surface area contributed by atoms with Gasteiger partial charge >= 0.3 is 11.9 Å². The molecule has 0 aromatic heterocycles. The minimum atomic E-state index is -0.815. The quantitative estimate of drug-likeness (QED) is 0.604. The fraction of sp³-hybridized carbons (Fsp3) is 0.714. The second kappa shape index (κ2) is 3.37. The van der Waals surface area contributed by atoms with Crippen LogP contribution in [0.3, 0.4) is 0 Å². The summed E-state index contributed by atoms with van der Waals surface area (Å²) >= 11 is 0. The lowest BCUT2D eigenvalue weighted by atomic mass is 10.0. The van der Waals surface area contributed by atoms with Gasteiger partial charge in [0.25, 0.3) is 0 Å². The molecular weight excluding hydrogens is 148 g/mol. The van der Waals surface area contributed by atoms with Crippen LogP contribution in [-0.2, 0) is 14.3 Å². The third-order valence-corrected chi connectivity index (χ3v) is 1.70. The van der Waals surface area contributed by atoms with E-state index in [1.54, 1.807) is 0 Å². The molecule has 62 valence electrons. The maximum absolute atomic E-state index is 10.5. The minimum Gasteiger partial charge on any atom is -0.481 e. The third-order valence-electron chi connectivity index (χ3n) is 1.70. The maximum Gasteiger partial charge on any atom is 0.306 e. The van der Waals surface area contributed by atoms with Crippen molar-refractivity contribution in [2.24, 2.45) is 5.92 Å². The number of carbonyl (C=O) groups is 2. The number of carbonyl (C=O) groups excluding carboxylic acids is 1. The van der Waals surface area contributed by atoms with Crippen LogP contribution in [0.1, 0.15) is 19.3 Å². The molecule has 1 N–H and O–H groups in total. The summed E-state index contributed by atoms with van der Waals surface area (Å²) in [7, 11) is 0. The van der Waals surface area contributed by atoms with Gasteiger partial charge in [0.15, 0.2) is 0 Å². The zero-order valence-corrected chi connectivity index (χ0v) is 6.08. The molecule has 0 aromatic carbocycles. The van der Waals surface area contributed by atoms with Crippen molar-refractivity contribution in [3.63, 3.8) is 0 Å². The first-order valence-corrected chi connectivity index (χ1v) is 3.56. The number of esters is 1. The van der Waals surface area contributed by atoms with Crippen molar-refractivity contribution in [2.75, 3.05) is 6.61 Å². The minimum absolute atomic E-state index is 0.124. The fourth-order valence-electron chi connectivity index (χ4n) is 1.08. The molecule has 0 amide bonds. The van der Waals surface area contributed by atoms with Crippen molar-refractivity contribution in [2.45, 2.75) is 19.3 Å². The molecule has 0 aliphatic carbocycles. The lowest BCUT2D eigenvalue weighted by Gasteiger charge is -2.00. The van der Waals surface area contributed by atoms with Crippen LogP contribution in [0.15, 0.2) is 0 Å². The molecule has 0 aromatic rings. The largest absolute Gasteiger partial charge is 0.481 e. The van der Waals surface area contributed by atoms with Crippen LogP contribution in [0, 0.1) is 5.92 Å². The summed E-state index contributed by atoms with van der Waals surface area (Å²) in [5, 5.41) is 8.31. The first-order chi connectivity index (χ1) is 5.18. The smallest absolute Gasteiger partial charge is 0.306 e. The molecule has 11 heavy (non-hydrogen) atoms. The van der Waals surface area contributed by atoms with Gasteiger partial charge in [-0.05, 0) is 6.42 Å². The molecule has 0 saturated carbocycles. The van der Waals surface area contributed by atoms with E-state index in [2.05, 4.69) is 4.74 Å². The predicted octanol–water partition coefficient (Wildman–Crippen LogP) is 0.414. The average molecular weight is 158 g/mol. The molecule has 1 unspecified atom stereocenters. The fourth-order valence-corrected chi connectivity index (χ4v) is 1.08. The van der Waals surface area contributed by atoms with Crippen LogP contribution in [0.4, 0.5) is 0 Å². The van der Waals surface area contributed by atoms with Crippen molar-refractivity contribution < 1.29 is 19.4 Å². The number of hydrogen-bond donors (Lipinski definition) is 1.